The molecular weight excluding hydrogens is 242 g/mol. The Balaban J connectivity index is 2.03. The minimum absolute atomic E-state index is 0.122. The summed E-state index contributed by atoms with van der Waals surface area (Å²) in [6.07, 6.45) is 0.811. The van der Waals surface area contributed by atoms with Crippen molar-refractivity contribution in [3.63, 3.8) is 0 Å². The van der Waals surface area contributed by atoms with E-state index in [0.29, 0.717) is 19.0 Å². The van der Waals surface area contributed by atoms with Crippen LogP contribution in [0.25, 0.3) is 0 Å². The second-order valence-corrected chi connectivity index (χ2v) is 5.31. The van der Waals surface area contributed by atoms with Gasteiger partial charge in [-0.3, -0.25) is 0 Å². The number of rotatable bonds is 3. The zero-order valence-corrected chi connectivity index (χ0v) is 11.2. The van der Waals surface area contributed by atoms with Gasteiger partial charge in [-0.25, -0.2) is 4.79 Å². The van der Waals surface area contributed by atoms with E-state index >= 15 is 0 Å². The maximum absolute atomic E-state index is 10.9. The van der Waals surface area contributed by atoms with Gasteiger partial charge >= 0.3 is 6.09 Å². The molecule has 1 unspecified atom stereocenters. The fraction of sp³-hybridized carbons (Fsp3) is 0.533. The lowest BCUT2D eigenvalue weighted by Crippen LogP contribution is -2.39. The first-order chi connectivity index (χ1) is 9.11. The van der Waals surface area contributed by atoms with E-state index in [1.807, 2.05) is 6.92 Å². The second kappa shape index (κ2) is 6.06. The second-order valence-electron chi connectivity index (χ2n) is 5.31. The van der Waals surface area contributed by atoms with Gasteiger partial charge in [0.2, 0.25) is 0 Å². The molecule has 1 aliphatic heterocycles. The van der Waals surface area contributed by atoms with Crippen LogP contribution >= 0.6 is 0 Å². The SMILES string of the molecule is Cc1ccc(C(CO)C2CCN(C(=O)O)CC2)cc1. The maximum atomic E-state index is 10.9. The predicted octanol–water partition coefficient (Wildman–Crippen LogP) is 2.46. The van der Waals surface area contributed by atoms with Gasteiger partial charge in [-0.15, -0.1) is 0 Å². The van der Waals surface area contributed by atoms with Crippen molar-refractivity contribution >= 4 is 6.09 Å². The molecule has 1 saturated heterocycles. The third kappa shape index (κ3) is 3.26. The van der Waals surface area contributed by atoms with Gasteiger partial charge in [0, 0.05) is 19.0 Å². The van der Waals surface area contributed by atoms with E-state index in [1.54, 1.807) is 0 Å². The van der Waals surface area contributed by atoms with Crippen molar-refractivity contribution < 1.29 is 15.0 Å². The molecule has 0 saturated carbocycles. The lowest BCUT2D eigenvalue weighted by Gasteiger charge is -2.34. The van der Waals surface area contributed by atoms with E-state index in [0.717, 1.165) is 18.4 Å². The van der Waals surface area contributed by atoms with Crippen molar-refractivity contribution in [2.75, 3.05) is 19.7 Å². The summed E-state index contributed by atoms with van der Waals surface area (Å²) in [5.74, 6) is 0.486. The Morgan fingerprint density at radius 3 is 2.37 bits per heavy atom. The molecule has 2 N–H and O–H groups in total. The first-order valence-electron chi connectivity index (χ1n) is 6.77. The fourth-order valence-electron chi connectivity index (χ4n) is 2.83. The molecule has 0 radical (unpaired) electrons. The van der Waals surface area contributed by atoms with Gasteiger partial charge in [-0.2, -0.15) is 0 Å². The summed E-state index contributed by atoms with van der Waals surface area (Å²) in [5.41, 5.74) is 2.36. The number of aliphatic hydroxyl groups excluding tert-OH is 1. The molecule has 1 atom stereocenters. The van der Waals surface area contributed by atoms with E-state index in [-0.39, 0.29) is 12.5 Å². The van der Waals surface area contributed by atoms with Crippen LogP contribution in [-0.2, 0) is 0 Å². The van der Waals surface area contributed by atoms with Crippen LogP contribution in [0.2, 0.25) is 0 Å². The molecule has 104 valence electrons. The highest BCUT2D eigenvalue weighted by molar-refractivity contribution is 5.65. The number of piperidine rings is 1. The first-order valence-corrected chi connectivity index (χ1v) is 6.77. The number of likely N-dealkylation sites (tertiary alicyclic amines) is 1. The van der Waals surface area contributed by atoms with Crippen molar-refractivity contribution in [1.82, 2.24) is 4.90 Å². The molecule has 0 bridgehead atoms. The van der Waals surface area contributed by atoms with Gasteiger partial charge in [-0.1, -0.05) is 29.8 Å². The van der Waals surface area contributed by atoms with Crippen LogP contribution in [0.3, 0.4) is 0 Å². The topological polar surface area (TPSA) is 60.8 Å². The molecule has 1 heterocycles. The molecule has 0 spiro atoms. The van der Waals surface area contributed by atoms with E-state index in [4.69, 9.17) is 5.11 Å². The molecule has 0 aromatic heterocycles. The summed E-state index contributed by atoms with van der Waals surface area (Å²) in [7, 11) is 0. The van der Waals surface area contributed by atoms with Crippen LogP contribution in [0.5, 0.6) is 0 Å². The van der Waals surface area contributed by atoms with Gasteiger partial charge in [0.1, 0.15) is 0 Å². The molecule has 1 amide bonds. The zero-order valence-electron chi connectivity index (χ0n) is 11.2. The standard InChI is InChI=1S/C15H21NO3/c1-11-2-4-12(5-3-11)14(10-17)13-6-8-16(9-7-13)15(18)19/h2-5,13-14,17H,6-10H2,1H3,(H,18,19). The molecule has 4 nitrogen and oxygen atoms in total. The molecule has 1 fully saturated rings. The summed E-state index contributed by atoms with van der Waals surface area (Å²) in [4.78, 5) is 12.3. The third-order valence-corrected chi connectivity index (χ3v) is 4.08. The minimum Gasteiger partial charge on any atom is -0.465 e. The summed E-state index contributed by atoms with van der Waals surface area (Å²) >= 11 is 0. The van der Waals surface area contributed by atoms with Crippen molar-refractivity contribution in [3.8, 4) is 0 Å². The number of carboxylic acid groups (broad SMARTS) is 1. The zero-order chi connectivity index (χ0) is 13.8. The van der Waals surface area contributed by atoms with Crippen LogP contribution in [0.1, 0.15) is 29.9 Å². The van der Waals surface area contributed by atoms with Gasteiger partial charge in [0.05, 0.1) is 6.61 Å². The maximum Gasteiger partial charge on any atom is 0.407 e. The number of amides is 1. The van der Waals surface area contributed by atoms with Crippen molar-refractivity contribution in [2.45, 2.75) is 25.7 Å². The van der Waals surface area contributed by atoms with Gasteiger partial charge < -0.3 is 15.1 Å². The van der Waals surface area contributed by atoms with Crippen LogP contribution in [-0.4, -0.2) is 40.9 Å². The Morgan fingerprint density at radius 2 is 1.89 bits per heavy atom. The molecule has 4 heteroatoms. The highest BCUT2D eigenvalue weighted by Gasteiger charge is 2.28. The van der Waals surface area contributed by atoms with Crippen molar-refractivity contribution in [1.29, 1.82) is 0 Å². The van der Waals surface area contributed by atoms with Crippen LogP contribution < -0.4 is 0 Å². The van der Waals surface area contributed by atoms with Crippen LogP contribution in [0.15, 0.2) is 24.3 Å². The van der Waals surface area contributed by atoms with Gasteiger partial charge in [0.25, 0.3) is 0 Å². The smallest absolute Gasteiger partial charge is 0.407 e. The molecular formula is C15H21NO3. The number of aliphatic hydroxyl groups is 1. The predicted molar refractivity (Wildman–Crippen MR) is 73.3 cm³/mol. The normalized spacial score (nSPS) is 18.3. The van der Waals surface area contributed by atoms with E-state index in [9.17, 15) is 9.90 Å². The molecule has 2 rings (SSSR count). The van der Waals surface area contributed by atoms with E-state index in [1.165, 1.54) is 10.5 Å². The lowest BCUT2D eigenvalue weighted by molar-refractivity contribution is 0.111. The average molecular weight is 263 g/mol. The molecule has 1 aromatic rings. The summed E-state index contributed by atoms with van der Waals surface area (Å²) in [6, 6.07) is 8.26. The Morgan fingerprint density at radius 1 is 1.32 bits per heavy atom. The van der Waals surface area contributed by atoms with Crippen LogP contribution in [0.4, 0.5) is 4.79 Å². The number of benzene rings is 1. The van der Waals surface area contributed by atoms with Crippen molar-refractivity contribution in [2.24, 2.45) is 5.92 Å². The summed E-state index contributed by atoms with van der Waals surface area (Å²) < 4.78 is 0. The number of carbonyl (C=O) groups is 1. The highest BCUT2D eigenvalue weighted by Crippen LogP contribution is 2.32. The highest BCUT2D eigenvalue weighted by atomic mass is 16.4. The molecule has 0 aliphatic carbocycles. The number of aryl methyl sites for hydroxylation is 1. The van der Waals surface area contributed by atoms with Gasteiger partial charge in [0.15, 0.2) is 0 Å². The van der Waals surface area contributed by atoms with Gasteiger partial charge in [-0.05, 0) is 31.2 Å². The van der Waals surface area contributed by atoms with E-state index in [2.05, 4.69) is 24.3 Å². The number of nitrogens with zero attached hydrogens (tertiary/aromatic N) is 1. The number of hydrogen-bond acceptors (Lipinski definition) is 2. The Hall–Kier alpha value is -1.55. The third-order valence-electron chi connectivity index (χ3n) is 4.08. The fourth-order valence-corrected chi connectivity index (χ4v) is 2.83. The minimum atomic E-state index is -0.839. The molecule has 19 heavy (non-hydrogen) atoms. The first kappa shape index (κ1) is 13.9. The quantitative estimate of drug-likeness (QED) is 0.880. The van der Waals surface area contributed by atoms with Crippen LogP contribution in [0, 0.1) is 12.8 Å². The lowest BCUT2D eigenvalue weighted by atomic mass is 9.80. The molecule has 1 aliphatic rings. The molecule has 1 aromatic carbocycles. The Bertz CT molecular complexity index is 422. The number of hydrogen-bond donors (Lipinski definition) is 2. The summed E-state index contributed by atoms with van der Waals surface area (Å²) in [5, 5.41) is 18.6. The summed E-state index contributed by atoms with van der Waals surface area (Å²) in [6.45, 7) is 3.31. The monoisotopic (exact) mass is 263 g/mol. The Kier molecular flexibility index (Phi) is 4.43. The Labute approximate surface area is 113 Å². The van der Waals surface area contributed by atoms with E-state index < -0.39 is 6.09 Å². The largest absolute Gasteiger partial charge is 0.465 e. The average Bonchev–Trinajstić information content (AvgIpc) is 2.42. The van der Waals surface area contributed by atoms with Crippen molar-refractivity contribution in [3.05, 3.63) is 35.4 Å².